The first-order chi connectivity index (χ1) is 10.7. The van der Waals surface area contributed by atoms with Crippen LogP contribution in [-0.4, -0.2) is 21.2 Å². The highest BCUT2D eigenvalue weighted by Crippen LogP contribution is 2.32. The third-order valence-electron chi connectivity index (χ3n) is 4.59. The summed E-state index contributed by atoms with van der Waals surface area (Å²) in [5, 5.41) is 4.54. The van der Waals surface area contributed by atoms with E-state index in [-0.39, 0.29) is 5.82 Å². The number of halogens is 1. The summed E-state index contributed by atoms with van der Waals surface area (Å²) in [5.41, 5.74) is 3.48. The summed E-state index contributed by atoms with van der Waals surface area (Å²) in [6.07, 6.45) is 5.68. The van der Waals surface area contributed by atoms with Gasteiger partial charge in [-0.3, -0.25) is 9.58 Å². The number of aryl methyl sites for hydroxylation is 2. The second-order valence-corrected chi connectivity index (χ2v) is 6.13. The molecule has 1 aromatic heterocycles. The van der Waals surface area contributed by atoms with E-state index in [1.165, 1.54) is 24.5 Å². The summed E-state index contributed by atoms with van der Waals surface area (Å²) in [6, 6.07) is 7.39. The molecule has 4 heteroatoms. The Bertz CT molecular complexity index is 635. The van der Waals surface area contributed by atoms with E-state index in [0.29, 0.717) is 6.04 Å². The van der Waals surface area contributed by atoms with Crippen LogP contribution in [0.5, 0.6) is 0 Å². The average Bonchev–Trinajstić information content (AvgIpc) is 2.88. The van der Waals surface area contributed by atoms with Crippen molar-refractivity contribution in [3.8, 4) is 0 Å². The molecule has 1 aliphatic rings. The number of hydrogen-bond acceptors (Lipinski definition) is 2. The van der Waals surface area contributed by atoms with Crippen LogP contribution in [0.3, 0.4) is 0 Å². The van der Waals surface area contributed by atoms with Gasteiger partial charge in [0.15, 0.2) is 0 Å². The molecule has 0 amide bonds. The van der Waals surface area contributed by atoms with Crippen LogP contribution in [0.1, 0.15) is 49.0 Å². The number of hydrogen-bond donors (Lipinski definition) is 0. The highest BCUT2D eigenvalue weighted by Gasteiger charge is 2.25. The van der Waals surface area contributed by atoms with Crippen molar-refractivity contribution in [2.75, 3.05) is 6.54 Å². The molecule has 118 valence electrons. The van der Waals surface area contributed by atoms with Gasteiger partial charge in [0.1, 0.15) is 5.82 Å². The topological polar surface area (TPSA) is 21.1 Å². The molecule has 1 atom stereocenters. The van der Waals surface area contributed by atoms with E-state index in [4.69, 9.17) is 0 Å². The van der Waals surface area contributed by atoms with Crippen LogP contribution < -0.4 is 0 Å². The van der Waals surface area contributed by atoms with E-state index < -0.39 is 0 Å². The largest absolute Gasteiger partial charge is 0.292 e. The van der Waals surface area contributed by atoms with Crippen molar-refractivity contribution in [2.24, 2.45) is 0 Å². The zero-order valence-corrected chi connectivity index (χ0v) is 13.4. The lowest BCUT2D eigenvalue weighted by molar-refractivity contribution is 0.140. The molecular weight excluding hydrogens is 277 g/mol. The SMILES string of the molecule is CCn1cc(CN2CCCC[C@@H]2c2cccc(F)c2)c(C)n1. The Kier molecular flexibility index (Phi) is 4.57. The molecule has 2 heterocycles. The summed E-state index contributed by atoms with van der Waals surface area (Å²) in [4.78, 5) is 2.47. The molecule has 0 aliphatic carbocycles. The lowest BCUT2D eigenvalue weighted by Crippen LogP contribution is -2.33. The quantitative estimate of drug-likeness (QED) is 0.848. The van der Waals surface area contributed by atoms with Gasteiger partial charge in [-0.2, -0.15) is 5.10 Å². The predicted molar refractivity (Wildman–Crippen MR) is 86.0 cm³/mol. The predicted octanol–water partition coefficient (Wildman–Crippen LogP) is 4.08. The summed E-state index contributed by atoms with van der Waals surface area (Å²) < 4.78 is 15.5. The van der Waals surface area contributed by atoms with E-state index in [1.807, 2.05) is 16.8 Å². The van der Waals surface area contributed by atoms with Gasteiger partial charge in [0.2, 0.25) is 0 Å². The summed E-state index contributed by atoms with van der Waals surface area (Å²) in [6.45, 7) is 7.04. The van der Waals surface area contributed by atoms with Crippen molar-refractivity contribution in [2.45, 2.75) is 52.2 Å². The molecule has 0 spiro atoms. The van der Waals surface area contributed by atoms with E-state index in [9.17, 15) is 4.39 Å². The smallest absolute Gasteiger partial charge is 0.123 e. The molecule has 0 unspecified atom stereocenters. The van der Waals surface area contributed by atoms with Gasteiger partial charge in [-0.15, -0.1) is 0 Å². The first-order valence-corrected chi connectivity index (χ1v) is 8.20. The number of likely N-dealkylation sites (tertiary alicyclic amines) is 1. The van der Waals surface area contributed by atoms with Gasteiger partial charge >= 0.3 is 0 Å². The maximum Gasteiger partial charge on any atom is 0.123 e. The minimum absolute atomic E-state index is 0.141. The number of benzene rings is 1. The lowest BCUT2D eigenvalue weighted by atomic mass is 9.94. The molecule has 0 radical (unpaired) electrons. The van der Waals surface area contributed by atoms with Crippen LogP contribution in [0, 0.1) is 12.7 Å². The lowest BCUT2D eigenvalue weighted by Gasteiger charge is -2.36. The van der Waals surface area contributed by atoms with Crippen LogP contribution in [-0.2, 0) is 13.1 Å². The second-order valence-electron chi connectivity index (χ2n) is 6.13. The van der Waals surface area contributed by atoms with Gasteiger partial charge in [-0.1, -0.05) is 18.6 Å². The normalized spacial score (nSPS) is 19.5. The van der Waals surface area contributed by atoms with Gasteiger partial charge in [0.05, 0.1) is 5.69 Å². The zero-order chi connectivity index (χ0) is 15.5. The number of rotatable bonds is 4. The van der Waals surface area contributed by atoms with Gasteiger partial charge in [0, 0.05) is 30.9 Å². The van der Waals surface area contributed by atoms with E-state index in [1.54, 1.807) is 6.07 Å². The number of piperidine rings is 1. The standard InChI is InChI=1S/C18H24FN3/c1-3-22-13-16(14(2)20-22)12-21-10-5-4-9-18(21)15-7-6-8-17(19)11-15/h6-8,11,13,18H,3-5,9-10,12H2,1-2H3/t18-/m1/s1. The van der Waals surface area contributed by atoms with Gasteiger partial charge in [-0.05, 0) is 50.9 Å². The fourth-order valence-corrected chi connectivity index (χ4v) is 3.37. The first kappa shape index (κ1) is 15.2. The maximum atomic E-state index is 13.6. The van der Waals surface area contributed by atoms with Crippen molar-refractivity contribution < 1.29 is 4.39 Å². The zero-order valence-electron chi connectivity index (χ0n) is 13.4. The molecular formula is C18H24FN3. The van der Waals surface area contributed by atoms with Crippen LogP contribution in [0.4, 0.5) is 4.39 Å². The molecule has 0 saturated carbocycles. The van der Waals surface area contributed by atoms with E-state index >= 15 is 0 Å². The maximum absolute atomic E-state index is 13.6. The Hall–Kier alpha value is -1.68. The summed E-state index contributed by atoms with van der Waals surface area (Å²) in [7, 11) is 0. The minimum Gasteiger partial charge on any atom is -0.292 e. The van der Waals surface area contributed by atoms with Gasteiger partial charge in [-0.25, -0.2) is 4.39 Å². The molecule has 22 heavy (non-hydrogen) atoms. The van der Waals surface area contributed by atoms with Crippen molar-refractivity contribution in [1.29, 1.82) is 0 Å². The summed E-state index contributed by atoms with van der Waals surface area (Å²) >= 11 is 0. The molecule has 3 nitrogen and oxygen atoms in total. The molecule has 0 N–H and O–H groups in total. The minimum atomic E-state index is -0.141. The highest BCUT2D eigenvalue weighted by molar-refractivity contribution is 5.22. The van der Waals surface area contributed by atoms with Crippen molar-refractivity contribution >= 4 is 0 Å². The molecule has 3 rings (SSSR count). The molecule has 1 fully saturated rings. The second kappa shape index (κ2) is 6.61. The first-order valence-electron chi connectivity index (χ1n) is 8.20. The Morgan fingerprint density at radius 2 is 2.18 bits per heavy atom. The number of nitrogens with zero attached hydrogens (tertiary/aromatic N) is 3. The molecule has 2 aromatic rings. The molecule has 1 aliphatic heterocycles. The van der Waals surface area contributed by atoms with Gasteiger partial charge < -0.3 is 0 Å². The Morgan fingerprint density at radius 1 is 1.32 bits per heavy atom. The van der Waals surface area contributed by atoms with Crippen molar-refractivity contribution in [1.82, 2.24) is 14.7 Å². The van der Waals surface area contributed by atoms with E-state index in [2.05, 4.69) is 30.0 Å². The molecule has 1 saturated heterocycles. The van der Waals surface area contributed by atoms with Gasteiger partial charge in [0.25, 0.3) is 0 Å². The Morgan fingerprint density at radius 3 is 2.91 bits per heavy atom. The van der Waals surface area contributed by atoms with Crippen LogP contribution in [0.2, 0.25) is 0 Å². The Labute approximate surface area is 131 Å². The van der Waals surface area contributed by atoms with Crippen LogP contribution in [0.25, 0.3) is 0 Å². The van der Waals surface area contributed by atoms with Crippen LogP contribution >= 0.6 is 0 Å². The fraction of sp³-hybridized carbons (Fsp3) is 0.500. The monoisotopic (exact) mass is 301 g/mol. The number of aromatic nitrogens is 2. The molecule has 0 bridgehead atoms. The van der Waals surface area contributed by atoms with E-state index in [0.717, 1.165) is 37.3 Å². The summed E-state index contributed by atoms with van der Waals surface area (Å²) in [5.74, 6) is -0.141. The Balaban J connectivity index is 1.82. The van der Waals surface area contributed by atoms with Crippen molar-refractivity contribution in [3.63, 3.8) is 0 Å². The third kappa shape index (κ3) is 3.22. The molecule has 1 aromatic carbocycles. The highest BCUT2D eigenvalue weighted by atomic mass is 19.1. The van der Waals surface area contributed by atoms with Crippen molar-refractivity contribution in [3.05, 3.63) is 53.1 Å². The fourth-order valence-electron chi connectivity index (χ4n) is 3.37. The van der Waals surface area contributed by atoms with Crippen LogP contribution in [0.15, 0.2) is 30.5 Å². The average molecular weight is 301 g/mol. The third-order valence-corrected chi connectivity index (χ3v) is 4.59.